The van der Waals surface area contributed by atoms with Gasteiger partial charge in [-0.2, -0.15) is 5.10 Å². The Hall–Kier alpha value is -1.32. The monoisotopic (exact) mass is 166 g/mol. The largest absolute Gasteiger partial charge is 0.387 e. The van der Waals surface area contributed by atoms with Crippen LogP contribution in [-0.2, 0) is 7.05 Å². The number of hydrogen-bond donors (Lipinski definition) is 1. The van der Waals surface area contributed by atoms with Crippen molar-refractivity contribution in [3.05, 3.63) is 11.8 Å². The lowest BCUT2D eigenvalue weighted by molar-refractivity contribution is 0.741. The Labute approximate surface area is 72.1 Å². The number of nitrogens with zero attached hydrogens (tertiary/aromatic N) is 3. The van der Waals surface area contributed by atoms with E-state index in [9.17, 15) is 0 Å². The molecule has 0 aliphatic carbocycles. The molecule has 0 saturated heterocycles. The van der Waals surface area contributed by atoms with Crippen molar-refractivity contribution in [2.45, 2.75) is 20.3 Å². The van der Waals surface area contributed by atoms with Gasteiger partial charge in [0, 0.05) is 25.2 Å². The summed E-state index contributed by atoms with van der Waals surface area (Å²) in [6, 6.07) is 1.91. The molecule has 2 N–H and O–H groups in total. The summed E-state index contributed by atoms with van der Waals surface area (Å²) in [5, 5.41) is 4.15. The summed E-state index contributed by atoms with van der Waals surface area (Å²) in [4.78, 5) is 4.12. The standard InChI is InChI=1S/C8H14N4/c1-4-7(9)10-8-5-6(2)12(3)11-8/h5H,4H2,1-3H3,(H2,9,10,11). The molecule has 12 heavy (non-hydrogen) atoms. The molecule has 0 aliphatic rings. The van der Waals surface area contributed by atoms with Crippen LogP contribution in [0, 0.1) is 6.92 Å². The van der Waals surface area contributed by atoms with E-state index in [0.29, 0.717) is 11.7 Å². The molecule has 66 valence electrons. The Morgan fingerprint density at radius 3 is 2.83 bits per heavy atom. The van der Waals surface area contributed by atoms with Crippen LogP contribution in [0.15, 0.2) is 11.1 Å². The van der Waals surface area contributed by atoms with Gasteiger partial charge in [-0.05, 0) is 6.92 Å². The summed E-state index contributed by atoms with van der Waals surface area (Å²) < 4.78 is 1.78. The average molecular weight is 166 g/mol. The number of nitrogens with two attached hydrogens (primary N) is 1. The van der Waals surface area contributed by atoms with Gasteiger partial charge in [-0.15, -0.1) is 0 Å². The molecule has 0 fully saturated rings. The van der Waals surface area contributed by atoms with Crippen LogP contribution in [0.1, 0.15) is 19.0 Å². The van der Waals surface area contributed by atoms with E-state index in [-0.39, 0.29) is 0 Å². The summed E-state index contributed by atoms with van der Waals surface area (Å²) in [6.07, 6.45) is 0.760. The van der Waals surface area contributed by atoms with Crippen molar-refractivity contribution in [1.82, 2.24) is 9.78 Å². The van der Waals surface area contributed by atoms with Gasteiger partial charge < -0.3 is 5.73 Å². The second kappa shape index (κ2) is 3.38. The van der Waals surface area contributed by atoms with Crippen LogP contribution in [0.4, 0.5) is 5.82 Å². The molecule has 0 aliphatic heterocycles. The van der Waals surface area contributed by atoms with Gasteiger partial charge in [0.05, 0.1) is 0 Å². The smallest absolute Gasteiger partial charge is 0.175 e. The molecule has 1 aromatic rings. The van der Waals surface area contributed by atoms with Crippen molar-refractivity contribution in [3.63, 3.8) is 0 Å². The minimum Gasteiger partial charge on any atom is -0.387 e. The van der Waals surface area contributed by atoms with E-state index in [1.165, 1.54) is 0 Å². The van der Waals surface area contributed by atoms with E-state index < -0.39 is 0 Å². The molecule has 0 saturated carbocycles. The highest BCUT2D eigenvalue weighted by molar-refractivity contribution is 5.82. The number of hydrogen-bond acceptors (Lipinski definition) is 2. The van der Waals surface area contributed by atoms with Crippen molar-refractivity contribution in [2.75, 3.05) is 0 Å². The molecule has 0 unspecified atom stereocenters. The molecule has 1 aromatic heterocycles. The van der Waals surface area contributed by atoms with Crippen molar-refractivity contribution in [3.8, 4) is 0 Å². The summed E-state index contributed by atoms with van der Waals surface area (Å²) in [6.45, 7) is 3.95. The first-order chi connectivity index (χ1) is 5.63. The van der Waals surface area contributed by atoms with Gasteiger partial charge in [0.15, 0.2) is 5.82 Å². The van der Waals surface area contributed by atoms with E-state index in [0.717, 1.165) is 12.1 Å². The van der Waals surface area contributed by atoms with Crippen molar-refractivity contribution in [2.24, 2.45) is 17.8 Å². The average Bonchev–Trinajstić information content (AvgIpc) is 2.31. The number of aliphatic imine (C=N–C) groups is 1. The van der Waals surface area contributed by atoms with Crippen LogP contribution in [-0.4, -0.2) is 15.6 Å². The zero-order valence-electron chi connectivity index (χ0n) is 7.70. The molecule has 1 heterocycles. The van der Waals surface area contributed by atoms with E-state index >= 15 is 0 Å². The van der Waals surface area contributed by atoms with Crippen LogP contribution in [0.3, 0.4) is 0 Å². The van der Waals surface area contributed by atoms with Gasteiger partial charge >= 0.3 is 0 Å². The highest BCUT2D eigenvalue weighted by Gasteiger charge is 1.98. The highest BCUT2D eigenvalue weighted by atomic mass is 15.3. The van der Waals surface area contributed by atoms with Crippen molar-refractivity contribution >= 4 is 11.7 Å². The van der Waals surface area contributed by atoms with Crippen LogP contribution in [0.25, 0.3) is 0 Å². The molecule has 0 spiro atoms. The SMILES string of the molecule is CCC(N)=Nc1cc(C)n(C)n1. The minimum atomic E-state index is 0.619. The maximum Gasteiger partial charge on any atom is 0.175 e. The number of amidine groups is 1. The zero-order valence-corrected chi connectivity index (χ0v) is 7.70. The Balaban J connectivity index is 2.90. The number of aromatic nitrogens is 2. The van der Waals surface area contributed by atoms with Gasteiger partial charge in [-0.25, -0.2) is 4.99 Å². The molecule has 0 bridgehead atoms. The fourth-order valence-electron chi connectivity index (χ4n) is 0.822. The summed E-state index contributed by atoms with van der Waals surface area (Å²) in [7, 11) is 1.89. The topological polar surface area (TPSA) is 56.2 Å². The maximum atomic E-state index is 5.57. The van der Waals surface area contributed by atoms with Crippen molar-refractivity contribution < 1.29 is 0 Å². The van der Waals surface area contributed by atoms with Crippen LogP contribution >= 0.6 is 0 Å². The Morgan fingerprint density at radius 2 is 2.42 bits per heavy atom. The van der Waals surface area contributed by atoms with Crippen LogP contribution < -0.4 is 5.73 Å². The Kier molecular flexibility index (Phi) is 2.47. The third-order valence-corrected chi connectivity index (χ3v) is 1.72. The maximum absolute atomic E-state index is 5.57. The van der Waals surface area contributed by atoms with Crippen molar-refractivity contribution in [1.29, 1.82) is 0 Å². The zero-order chi connectivity index (χ0) is 9.14. The first-order valence-electron chi connectivity index (χ1n) is 3.97. The fourth-order valence-corrected chi connectivity index (χ4v) is 0.822. The third kappa shape index (κ3) is 1.84. The predicted molar refractivity (Wildman–Crippen MR) is 49.5 cm³/mol. The molecule has 4 nitrogen and oxygen atoms in total. The lowest BCUT2D eigenvalue weighted by Crippen LogP contribution is -2.08. The second-order valence-electron chi connectivity index (χ2n) is 2.72. The normalized spacial score (nSPS) is 12.1. The highest BCUT2D eigenvalue weighted by Crippen LogP contribution is 2.10. The second-order valence-corrected chi connectivity index (χ2v) is 2.72. The van der Waals surface area contributed by atoms with E-state index in [1.54, 1.807) is 4.68 Å². The van der Waals surface area contributed by atoms with Gasteiger partial charge in [-0.3, -0.25) is 4.68 Å². The molecule has 0 amide bonds. The first-order valence-corrected chi connectivity index (χ1v) is 3.97. The van der Waals surface area contributed by atoms with Gasteiger partial charge in [0.25, 0.3) is 0 Å². The summed E-state index contributed by atoms with van der Waals surface area (Å²) >= 11 is 0. The fraction of sp³-hybridized carbons (Fsp3) is 0.500. The number of aryl methyl sites for hydroxylation is 2. The van der Waals surface area contributed by atoms with Gasteiger partial charge in [0.1, 0.15) is 5.84 Å². The third-order valence-electron chi connectivity index (χ3n) is 1.72. The minimum absolute atomic E-state index is 0.619. The lowest BCUT2D eigenvalue weighted by Gasteiger charge is -1.91. The van der Waals surface area contributed by atoms with E-state index in [1.807, 2.05) is 27.0 Å². The van der Waals surface area contributed by atoms with E-state index in [2.05, 4.69) is 10.1 Å². The number of rotatable bonds is 2. The summed E-state index contributed by atoms with van der Waals surface area (Å²) in [5.41, 5.74) is 6.65. The molecule has 4 heteroatoms. The molecular formula is C8H14N4. The van der Waals surface area contributed by atoms with Gasteiger partial charge in [-0.1, -0.05) is 6.92 Å². The Morgan fingerprint density at radius 1 is 1.75 bits per heavy atom. The quantitative estimate of drug-likeness (QED) is 0.529. The molecular weight excluding hydrogens is 152 g/mol. The predicted octanol–water partition coefficient (Wildman–Crippen LogP) is 1.13. The lowest BCUT2D eigenvalue weighted by atomic mass is 10.4. The Bertz CT molecular complexity index is 279. The molecule has 1 rings (SSSR count). The van der Waals surface area contributed by atoms with Crippen LogP contribution in [0.2, 0.25) is 0 Å². The molecule has 0 aromatic carbocycles. The molecule has 0 atom stereocenters. The van der Waals surface area contributed by atoms with E-state index in [4.69, 9.17) is 5.73 Å². The first kappa shape index (κ1) is 8.77. The van der Waals surface area contributed by atoms with Gasteiger partial charge in [0.2, 0.25) is 0 Å². The summed E-state index contributed by atoms with van der Waals surface area (Å²) in [5.74, 6) is 1.31. The van der Waals surface area contributed by atoms with Crippen LogP contribution in [0.5, 0.6) is 0 Å². The molecule has 0 radical (unpaired) electrons.